The van der Waals surface area contributed by atoms with E-state index >= 15 is 0 Å². The summed E-state index contributed by atoms with van der Waals surface area (Å²) in [5.74, 6) is 1.49. The Hall–Kier alpha value is -1.27. The Balaban J connectivity index is 1.95. The number of hydrogen-bond donors (Lipinski definition) is 1. The van der Waals surface area contributed by atoms with Crippen molar-refractivity contribution >= 4 is 29.8 Å². The Labute approximate surface area is 108 Å². The number of H-pyrrole nitrogens is 1. The summed E-state index contributed by atoms with van der Waals surface area (Å²) in [7, 11) is 0. The van der Waals surface area contributed by atoms with E-state index < -0.39 is 0 Å². The van der Waals surface area contributed by atoms with Crippen LogP contribution < -0.4 is 0 Å². The second-order valence-electron chi connectivity index (χ2n) is 4.19. The zero-order chi connectivity index (χ0) is 11.8. The number of aromatic amines is 1. The van der Waals surface area contributed by atoms with Crippen LogP contribution in [0, 0.1) is 11.7 Å². The molecule has 1 aliphatic rings. The van der Waals surface area contributed by atoms with Crippen molar-refractivity contribution in [2.75, 3.05) is 0 Å². The van der Waals surface area contributed by atoms with Crippen LogP contribution in [0.3, 0.4) is 0 Å². The molecule has 88 valence electrons. The Bertz CT molecular complexity index is 615. The molecule has 6 heteroatoms. The summed E-state index contributed by atoms with van der Waals surface area (Å²) in [5.41, 5.74) is 1.24. The molecule has 2 heterocycles. The summed E-state index contributed by atoms with van der Waals surface area (Å²) in [6, 6.07) is 2.09. The molecule has 3 rings (SSSR count). The van der Waals surface area contributed by atoms with Gasteiger partial charge in [-0.25, -0.2) is 0 Å². The van der Waals surface area contributed by atoms with E-state index in [1.807, 2.05) is 6.21 Å². The molecule has 1 saturated carbocycles. The second kappa shape index (κ2) is 4.19. The summed E-state index contributed by atoms with van der Waals surface area (Å²) in [6.45, 7) is 2.08. The number of aryl methyl sites for hydroxylation is 1. The number of nitrogens with one attached hydrogen (secondary N) is 1. The normalized spacial score (nSPS) is 15.8. The fraction of sp³-hybridized carbons (Fsp3) is 0.364. The molecule has 4 nitrogen and oxygen atoms in total. The van der Waals surface area contributed by atoms with Crippen LogP contribution in [0.2, 0.25) is 0 Å². The van der Waals surface area contributed by atoms with Crippen LogP contribution in [0.5, 0.6) is 0 Å². The highest BCUT2D eigenvalue weighted by atomic mass is 32.1. The molecule has 2 aromatic rings. The predicted molar refractivity (Wildman–Crippen MR) is 71.4 cm³/mol. The number of hydrogen-bond acceptors (Lipinski definition) is 4. The van der Waals surface area contributed by atoms with Gasteiger partial charge in [0.15, 0.2) is 5.82 Å². The smallest absolute Gasteiger partial charge is 0.216 e. The topological polar surface area (TPSA) is 46.0 Å². The first kappa shape index (κ1) is 10.9. The average molecular weight is 264 g/mol. The molecule has 0 spiro atoms. The Morgan fingerprint density at radius 1 is 1.65 bits per heavy atom. The SMILES string of the molecule is Cc1ccsc1/C=N\n1c(C2CC2)n[nH]c1=S. The van der Waals surface area contributed by atoms with Gasteiger partial charge < -0.3 is 0 Å². The van der Waals surface area contributed by atoms with Crippen molar-refractivity contribution in [2.24, 2.45) is 5.10 Å². The summed E-state index contributed by atoms with van der Waals surface area (Å²) < 4.78 is 2.31. The van der Waals surface area contributed by atoms with Crippen molar-refractivity contribution in [3.8, 4) is 0 Å². The fourth-order valence-corrected chi connectivity index (χ4v) is 2.62. The lowest BCUT2D eigenvalue weighted by molar-refractivity contribution is 0.773. The first-order valence-corrected chi connectivity index (χ1v) is 6.80. The van der Waals surface area contributed by atoms with Crippen molar-refractivity contribution in [2.45, 2.75) is 25.7 Å². The third kappa shape index (κ3) is 2.10. The molecule has 2 aromatic heterocycles. The van der Waals surface area contributed by atoms with Gasteiger partial charge in [0.05, 0.1) is 11.1 Å². The maximum absolute atomic E-state index is 5.18. The van der Waals surface area contributed by atoms with Gasteiger partial charge in [0.25, 0.3) is 0 Å². The molecule has 0 radical (unpaired) electrons. The minimum Gasteiger partial charge on any atom is -0.250 e. The van der Waals surface area contributed by atoms with Crippen LogP contribution in [0.25, 0.3) is 0 Å². The first-order chi connectivity index (χ1) is 8.25. The molecule has 1 N–H and O–H groups in total. The lowest BCUT2D eigenvalue weighted by Crippen LogP contribution is -1.97. The van der Waals surface area contributed by atoms with Crippen LogP contribution in [0.4, 0.5) is 0 Å². The van der Waals surface area contributed by atoms with E-state index in [4.69, 9.17) is 12.2 Å². The molecular weight excluding hydrogens is 252 g/mol. The van der Waals surface area contributed by atoms with E-state index in [0.717, 1.165) is 10.7 Å². The zero-order valence-electron chi connectivity index (χ0n) is 9.38. The van der Waals surface area contributed by atoms with Crippen LogP contribution in [-0.2, 0) is 0 Å². The van der Waals surface area contributed by atoms with Crippen LogP contribution in [-0.4, -0.2) is 21.1 Å². The van der Waals surface area contributed by atoms with Crippen molar-refractivity contribution in [3.63, 3.8) is 0 Å². The summed E-state index contributed by atoms with van der Waals surface area (Å²) in [4.78, 5) is 1.16. The predicted octanol–water partition coefficient (Wildman–Crippen LogP) is 3.07. The van der Waals surface area contributed by atoms with Gasteiger partial charge in [-0.05, 0) is 49.0 Å². The molecule has 0 bridgehead atoms. The molecule has 1 fully saturated rings. The van der Waals surface area contributed by atoms with Crippen molar-refractivity contribution < 1.29 is 0 Å². The van der Waals surface area contributed by atoms with Gasteiger partial charge >= 0.3 is 0 Å². The minimum atomic E-state index is 0.532. The molecule has 0 aliphatic heterocycles. The maximum atomic E-state index is 5.18. The highest BCUT2D eigenvalue weighted by Crippen LogP contribution is 2.38. The molecule has 0 aromatic carbocycles. The van der Waals surface area contributed by atoms with Crippen LogP contribution >= 0.6 is 23.6 Å². The summed E-state index contributed by atoms with van der Waals surface area (Å²) >= 11 is 6.86. The van der Waals surface area contributed by atoms with E-state index in [0.29, 0.717) is 10.7 Å². The number of thiophene rings is 1. The average Bonchev–Trinajstić information content (AvgIpc) is 2.98. The van der Waals surface area contributed by atoms with Crippen molar-refractivity contribution in [3.05, 3.63) is 32.5 Å². The van der Waals surface area contributed by atoms with Crippen LogP contribution in [0.1, 0.15) is 35.0 Å². The Morgan fingerprint density at radius 2 is 2.47 bits per heavy atom. The van der Waals surface area contributed by atoms with E-state index in [1.165, 1.54) is 18.4 Å². The summed E-state index contributed by atoms with van der Waals surface area (Å²) in [6.07, 6.45) is 4.23. The summed E-state index contributed by atoms with van der Waals surface area (Å²) in [5, 5.41) is 13.5. The van der Waals surface area contributed by atoms with Crippen LogP contribution in [0.15, 0.2) is 16.5 Å². The van der Waals surface area contributed by atoms with Gasteiger partial charge in [-0.15, -0.1) is 11.3 Å². The molecule has 17 heavy (non-hydrogen) atoms. The first-order valence-electron chi connectivity index (χ1n) is 5.51. The fourth-order valence-electron chi connectivity index (χ4n) is 1.65. The standard InChI is InChI=1S/C11H12N4S2/c1-7-4-5-17-9(7)6-12-15-10(8-2-3-8)13-14-11(15)16/h4-6,8H,2-3H2,1H3,(H,14,16)/b12-6-. The lowest BCUT2D eigenvalue weighted by Gasteiger charge is -1.97. The highest BCUT2D eigenvalue weighted by molar-refractivity contribution is 7.71. The second-order valence-corrected chi connectivity index (χ2v) is 5.52. The van der Waals surface area contributed by atoms with Gasteiger partial charge in [0, 0.05) is 5.92 Å². The van der Waals surface area contributed by atoms with E-state index in [9.17, 15) is 0 Å². The minimum absolute atomic E-state index is 0.532. The van der Waals surface area contributed by atoms with Gasteiger partial charge in [0.2, 0.25) is 4.77 Å². The van der Waals surface area contributed by atoms with E-state index in [1.54, 1.807) is 16.0 Å². The molecule has 0 saturated heterocycles. The number of nitrogens with zero attached hydrogens (tertiary/aromatic N) is 3. The molecule has 0 atom stereocenters. The maximum Gasteiger partial charge on any atom is 0.216 e. The molecule has 0 unspecified atom stereocenters. The van der Waals surface area contributed by atoms with Gasteiger partial charge in [-0.2, -0.15) is 14.9 Å². The van der Waals surface area contributed by atoms with Crippen molar-refractivity contribution in [1.29, 1.82) is 0 Å². The van der Waals surface area contributed by atoms with E-state index in [2.05, 4.69) is 33.7 Å². The monoisotopic (exact) mass is 264 g/mol. The van der Waals surface area contributed by atoms with Gasteiger partial charge in [0.1, 0.15) is 0 Å². The largest absolute Gasteiger partial charge is 0.250 e. The number of aromatic nitrogens is 3. The van der Waals surface area contributed by atoms with Gasteiger partial charge in [-0.1, -0.05) is 0 Å². The quantitative estimate of drug-likeness (QED) is 0.684. The molecule has 1 aliphatic carbocycles. The number of rotatable bonds is 3. The Morgan fingerprint density at radius 3 is 3.12 bits per heavy atom. The third-order valence-electron chi connectivity index (χ3n) is 2.81. The van der Waals surface area contributed by atoms with Crippen molar-refractivity contribution in [1.82, 2.24) is 14.9 Å². The highest BCUT2D eigenvalue weighted by Gasteiger charge is 2.29. The van der Waals surface area contributed by atoms with E-state index in [-0.39, 0.29) is 0 Å². The van der Waals surface area contributed by atoms with Gasteiger partial charge in [-0.3, -0.25) is 5.10 Å². The zero-order valence-corrected chi connectivity index (χ0v) is 11.0. The lowest BCUT2D eigenvalue weighted by atomic mass is 10.3. The molecular formula is C11H12N4S2. The molecule has 0 amide bonds. The third-order valence-corrected chi connectivity index (χ3v) is 4.03. The Kier molecular flexibility index (Phi) is 2.68.